The first kappa shape index (κ1) is 17.0. The Kier molecular flexibility index (Phi) is 5.71. The molecule has 0 unspecified atom stereocenters. The summed E-state index contributed by atoms with van der Waals surface area (Å²) in [5, 5.41) is 0.503. The molecule has 0 amide bonds. The van der Waals surface area contributed by atoms with Crippen molar-refractivity contribution in [3.8, 4) is 23.0 Å². The van der Waals surface area contributed by atoms with Gasteiger partial charge in [-0.25, -0.2) is 0 Å². The van der Waals surface area contributed by atoms with E-state index in [1.54, 1.807) is 36.4 Å². The van der Waals surface area contributed by atoms with E-state index in [0.29, 0.717) is 33.6 Å². The molecule has 6 heteroatoms. The molecule has 23 heavy (non-hydrogen) atoms. The summed E-state index contributed by atoms with van der Waals surface area (Å²) in [4.78, 5) is 12.1. The van der Waals surface area contributed by atoms with Crippen molar-refractivity contribution in [3.05, 3.63) is 47.0 Å². The Hall–Kier alpha value is -2.40. The maximum Gasteiger partial charge on any atom is 0.315 e. The molecule has 0 bridgehead atoms. The van der Waals surface area contributed by atoms with Crippen LogP contribution < -0.4 is 18.9 Å². The van der Waals surface area contributed by atoms with Crippen LogP contribution in [0.3, 0.4) is 0 Å². The third kappa shape index (κ3) is 4.29. The molecule has 0 atom stereocenters. The maximum absolute atomic E-state index is 12.1. The molecule has 0 aliphatic heterocycles. The Labute approximate surface area is 139 Å². The smallest absolute Gasteiger partial charge is 0.315 e. The van der Waals surface area contributed by atoms with Gasteiger partial charge in [0, 0.05) is 5.02 Å². The lowest BCUT2D eigenvalue weighted by atomic mass is 10.1. The van der Waals surface area contributed by atoms with Crippen molar-refractivity contribution < 1.29 is 23.7 Å². The summed E-state index contributed by atoms with van der Waals surface area (Å²) in [6.07, 6.45) is 0.0588. The van der Waals surface area contributed by atoms with Crippen molar-refractivity contribution in [1.82, 2.24) is 0 Å². The van der Waals surface area contributed by atoms with Crippen LogP contribution in [-0.2, 0) is 11.2 Å². The van der Waals surface area contributed by atoms with E-state index in [2.05, 4.69) is 0 Å². The van der Waals surface area contributed by atoms with Crippen LogP contribution in [0.2, 0.25) is 5.02 Å². The van der Waals surface area contributed by atoms with E-state index >= 15 is 0 Å². The number of carbonyl (C=O) groups is 1. The minimum Gasteiger partial charge on any atom is -0.493 e. The van der Waals surface area contributed by atoms with E-state index in [1.165, 1.54) is 21.3 Å². The van der Waals surface area contributed by atoms with Crippen molar-refractivity contribution >= 4 is 17.6 Å². The molecule has 0 aliphatic rings. The Bertz CT molecular complexity index is 674. The molecule has 2 aromatic carbocycles. The molecule has 0 spiro atoms. The van der Waals surface area contributed by atoms with E-state index < -0.39 is 5.97 Å². The van der Waals surface area contributed by atoms with Crippen LogP contribution in [0.4, 0.5) is 0 Å². The summed E-state index contributed by atoms with van der Waals surface area (Å²) in [5.74, 6) is 1.42. The van der Waals surface area contributed by atoms with Crippen molar-refractivity contribution in [2.24, 2.45) is 0 Å². The minimum absolute atomic E-state index is 0.0588. The minimum atomic E-state index is -0.415. The van der Waals surface area contributed by atoms with Gasteiger partial charge in [0.25, 0.3) is 0 Å². The molecule has 5 nitrogen and oxygen atoms in total. The van der Waals surface area contributed by atoms with Gasteiger partial charge >= 0.3 is 5.97 Å². The zero-order valence-electron chi connectivity index (χ0n) is 13.1. The summed E-state index contributed by atoms with van der Waals surface area (Å²) < 4.78 is 21.0. The van der Waals surface area contributed by atoms with Gasteiger partial charge in [0.1, 0.15) is 5.75 Å². The standard InChI is InChI=1S/C17H17ClO5/c1-20-14-7-11(8-15(21-2)17(14)22-3)9-16(19)23-13-6-4-5-12(18)10-13/h4-8,10H,9H2,1-3H3. The topological polar surface area (TPSA) is 54.0 Å². The average molecular weight is 337 g/mol. The van der Waals surface area contributed by atoms with Gasteiger partial charge in [-0.2, -0.15) is 0 Å². The molecule has 0 saturated heterocycles. The summed E-state index contributed by atoms with van der Waals surface area (Å²) in [6, 6.07) is 10.1. The van der Waals surface area contributed by atoms with Gasteiger partial charge in [-0.3, -0.25) is 4.79 Å². The monoisotopic (exact) mass is 336 g/mol. The zero-order valence-corrected chi connectivity index (χ0v) is 13.8. The molecule has 0 saturated carbocycles. The number of esters is 1. The van der Waals surface area contributed by atoms with Crippen LogP contribution in [0, 0.1) is 0 Å². The van der Waals surface area contributed by atoms with Crippen LogP contribution >= 0.6 is 11.6 Å². The number of rotatable bonds is 6. The highest BCUT2D eigenvalue weighted by molar-refractivity contribution is 6.30. The van der Waals surface area contributed by atoms with Crippen LogP contribution in [0.15, 0.2) is 36.4 Å². The number of hydrogen-bond donors (Lipinski definition) is 0. The van der Waals surface area contributed by atoms with Crippen LogP contribution in [0.1, 0.15) is 5.56 Å². The first-order chi connectivity index (χ1) is 11.1. The fraction of sp³-hybridized carbons (Fsp3) is 0.235. The second-order valence-electron chi connectivity index (χ2n) is 4.64. The van der Waals surface area contributed by atoms with Gasteiger partial charge in [-0.05, 0) is 35.9 Å². The van der Waals surface area contributed by atoms with Gasteiger partial charge in [0.05, 0.1) is 27.8 Å². The first-order valence-electron chi connectivity index (χ1n) is 6.82. The molecular weight excluding hydrogens is 320 g/mol. The molecule has 0 aliphatic carbocycles. The Morgan fingerprint density at radius 3 is 2.17 bits per heavy atom. The van der Waals surface area contributed by atoms with Gasteiger partial charge < -0.3 is 18.9 Å². The lowest BCUT2D eigenvalue weighted by Crippen LogP contribution is -2.11. The number of methoxy groups -OCH3 is 3. The molecule has 2 aromatic rings. The normalized spacial score (nSPS) is 10.1. The van der Waals surface area contributed by atoms with Gasteiger partial charge in [0.15, 0.2) is 11.5 Å². The SMILES string of the molecule is COc1cc(CC(=O)Oc2cccc(Cl)c2)cc(OC)c1OC. The quantitative estimate of drug-likeness (QED) is 0.597. The number of carbonyl (C=O) groups excluding carboxylic acids is 1. The number of benzene rings is 2. The molecule has 0 fully saturated rings. The maximum atomic E-state index is 12.1. The molecule has 122 valence electrons. The van der Waals surface area contributed by atoms with Crippen LogP contribution in [0.25, 0.3) is 0 Å². The number of ether oxygens (including phenoxy) is 4. The van der Waals surface area contributed by atoms with Crippen molar-refractivity contribution in [3.63, 3.8) is 0 Å². The predicted molar refractivity (Wildman–Crippen MR) is 86.9 cm³/mol. The van der Waals surface area contributed by atoms with Gasteiger partial charge in [-0.1, -0.05) is 17.7 Å². The fourth-order valence-electron chi connectivity index (χ4n) is 2.10. The fourth-order valence-corrected chi connectivity index (χ4v) is 2.28. The van der Waals surface area contributed by atoms with Crippen molar-refractivity contribution in [2.75, 3.05) is 21.3 Å². The predicted octanol–water partition coefficient (Wildman–Crippen LogP) is 3.51. The summed E-state index contributed by atoms with van der Waals surface area (Å²) in [5.41, 5.74) is 0.687. The van der Waals surface area contributed by atoms with E-state index in [0.717, 1.165) is 0 Å². The van der Waals surface area contributed by atoms with E-state index in [9.17, 15) is 4.79 Å². The largest absolute Gasteiger partial charge is 0.493 e. The summed E-state index contributed by atoms with van der Waals surface area (Å²) >= 11 is 5.86. The highest BCUT2D eigenvalue weighted by Gasteiger charge is 2.15. The number of hydrogen-bond acceptors (Lipinski definition) is 5. The van der Waals surface area contributed by atoms with E-state index in [4.69, 9.17) is 30.5 Å². The van der Waals surface area contributed by atoms with E-state index in [-0.39, 0.29) is 6.42 Å². The van der Waals surface area contributed by atoms with Gasteiger partial charge in [-0.15, -0.1) is 0 Å². The first-order valence-corrected chi connectivity index (χ1v) is 7.20. The third-order valence-electron chi connectivity index (χ3n) is 3.10. The number of halogens is 1. The zero-order chi connectivity index (χ0) is 16.8. The van der Waals surface area contributed by atoms with Crippen LogP contribution in [-0.4, -0.2) is 27.3 Å². The molecule has 0 aromatic heterocycles. The highest BCUT2D eigenvalue weighted by atomic mass is 35.5. The lowest BCUT2D eigenvalue weighted by Gasteiger charge is -2.14. The van der Waals surface area contributed by atoms with Gasteiger partial charge in [0.2, 0.25) is 5.75 Å². The van der Waals surface area contributed by atoms with Crippen LogP contribution in [0.5, 0.6) is 23.0 Å². The second kappa shape index (κ2) is 7.74. The second-order valence-corrected chi connectivity index (χ2v) is 5.08. The molecule has 0 N–H and O–H groups in total. The molecular formula is C17H17ClO5. The Balaban J connectivity index is 2.17. The summed E-state index contributed by atoms with van der Waals surface area (Å²) in [7, 11) is 4.56. The lowest BCUT2D eigenvalue weighted by molar-refractivity contribution is -0.133. The molecule has 0 heterocycles. The molecule has 0 radical (unpaired) electrons. The average Bonchev–Trinajstić information content (AvgIpc) is 2.53. The van der Waals surface area contributed by atoms with Crippen molar-refractivity contribution in [1.29, 1.82) is 0 Å². The molecule has 2 rings (SSSR count). The highest BCUT2D eigenvalue weighted by Crippen LogP contribution is 2.38. The Morgan fingerprint density at radius 1 is 1.00 bits per heavy atom. The Morgan fingerprint density at radius 2 is 1.65 bits per heavy atom. The summed E-state index contributed by atoms with van der Waals surface area (Å²) in [6.45, 7) is 0. The third-order valence-corrected chi connectivity index (χ3v) is 3.34. The van der Waals surface area contributed by atoms with Crippen molar-refractivity contribution in [2.45, 2.75) is 6.42 Å². The van der Waals surface area contributed by atoms with E-state index in [1.807, 2.05) is 0 Å².